The van der Waals surface area contributed by atoms with Crippen LogP contribution < -0.4 is 5.32 Å². The summed E-state index contributed by atoms with van der Waals surface area (Å²) in [5.74, 6) is -2.27. The topological polar surface area (TPSA) is 138 Å². The fourth-order valence-electron chi connectivity index (χ4n) is 5.03. The maximum atomic E-state index is 13.7. The predicted molar refractivity (Wildman–Crippen MR) is 174 cm³/mol. The first-order valence-corrected chi connectivity index (χ1v) is 14.9. The molecule has 5 rings (SSSR count). The van der Waals surface area contributed by atoms with Crippen molar-refractivity contribution in [2.75, 3.05) is 32.5 Å². The zero-order valence-electron chi connectivity index (χ0n) is 27.0. The van der Waals surface area contributed by atoms with E-state index in [2.05, 4.69) is 20.3 Å². The fraction of sp³-hybridized carbons (Fsp3) is 0.333. The number of aliphatic hydroxyl groups is 1. The molecule has 1 atom stereocenters. The van der Waals surface area contributed by atoms with Crippen LogP contribution in [0, 0.1) is 18.6 Å². The largest absolute Gasteiger partial charge is 0.444 e. The summed E-state index contributed by atoms with van der Waals surface area (Å²) in [6, 6.07) is 7.50. The van der Waals surface area contributed by atoms with E-state index in [-0.39, 0.29) is 11.7 Å². The van der Waals surface area contributed by atoms with Gasteiger partial charge in [0.2, 0.25) is 0 Å². The second-order valence-electron chi connectivity index (χ2n) is 12.4. The molecule has 0 spiro atoms. The van der Waals surface area contributed by atoms with Gasteiger partial charge in [0.05, 0.1) is 12.0 Å². The maximum absolute atomic E-state index is 13.7. The summed E-state index contributed by atoms with van der Waals surface area (Å²) in [5, 5.41) is 18.0. The van der Waals surface area contributed by atoms with Crippen molar-refractivity contribution in [3.63, 3.8) is 0 Å². The number of halogens is 2. The second-order valence-corrected chi connectivity index (χ2v) is 12.4. The summed E-state index contributed by atoms with van der Waals surface area (Å²) < 4.78 is 34.5. The zero-order chi connectivity index (χ0) is 34.0. The number of aliphatic hydroxyl groups excluding tert-OH is 1. The van der Waals surface area contributed by atoms with Crippen molar-refractivity contribution in [2.24, 2.45) is 4.99 Å². The number of fused-ring (bicyclic) bond motifs is 1. The van der Waals surface area contributed by atoms with Gasteiger partial charge in [-0.2, -0.15) is 5.10 Å². The fourth-order valence-corrected chi connectivity index (χ4v) is 5.03. The van der Waals surface area contributed by atoms with Crippen LogP contribution in [0.25, 0.3) is 22.3 Å². The van der Waals surface area contributed by atoms with E-state index >= 15 is 0 Å². The van der Waals surface area contributed by atoms with Crippen LogP contribution in [0.15, 0.2) is 53.8 Å². The van der Waals surface area contributed by atoms with E-state index in [0.29, 0.717) is 65.1 Å². The summed E-state index contributed by atoms with van der Waals surface area (Å²) in [6.07, 6.45) is 3.33. The van der Waals surface area contributed by atoms with Crippen molar-refractivity contribution < 1.29 is 28.2 Å². The molecule has 4 aromatic rings. The van der Waals surface area contributed by atoms with Gasteiger partial charge in [-0.1, -0.05) is 6.08 Å². The first-order valence-electron chi connectivity index (χ1n) is 14.9. The van der Waals surface area contributed by atoms with Crippen LogP contribution in [0.5, 0.6) is 0 Å². The monoisotopic (exact) mass is 646 g/mol. The van der Waals surface area contributed by atoms with Gasteiger partial charge in [-0.25, -0.2) is 33.2 Å². The number of ether oxygens (including phenoxy) is 1. The Kier molecular flexibility index (Phi) is 9.33. The van der Waals surface area contributed by atoms with Gasteiger partial charge in [-0.3, -0.25) is 4.79 Å². The Hall–Kier alpha value is -5.24. The number of benzene rings is 2. The SMILES string of the molecule is Cc1cc(NC(=O)[C@H](O)c2cc(F)cc(F)c2)ccc1-n1nc(C2=CCN(C(=O)OC(C)(C)C)CC2)c2ncnc(/N=C/N(C)C)c21. The van der Waals surface area contributed by atoms with Crippen LogP contribution in [0.1, 0.15) is 50.1 Å². The lowest BCUT2D eigenvalue weighted by molar-refractivity contribution is -0.124. The standard InChI is InChI=1S/C33H36F2N8O4/c1-19-13-24(39-31(45)29(44)21-14-22(34)16-23(35)15-21)7-8-25(19)43-28-27(36-17-37-30(28)38-18-41(5)6)26(40-43)20-9-11-42(12-10-20)32(46)47-33(2,3)4/h7-9,13-18,29,44H,10-12H2,1-6H3,(H,39,45)/b38-18+/t29-/m1/s1. The van der Waals surface area contributed by atoms with Gasteiger partial charge in [0.1, 0.15) is 40.3 Å². The molecule has 0 fully saturated rings. The van der Waals surface area contributed by atoms with Gasteiger partial charge in [0.25, 0.3) is 5.91 Å². The molecular formula is C33H36F2N8O4. The van der Waals surface area contributed by atoms with E-state index in [9.17, 15) is 23.5 Å². The third-order valence-corrected chi connectivity index (χ3v) is 7.16. The molecule has 3 heterocycles. The van der Waals surface area contributed by atoms with E-state index in [1.165, 1.54) is 6.33 Å². The number of carbonyl (C=O) groups is 2. The van der Waals surface area contributed by atoms with Crippen molar-refractivity contribution >= 4 is 46.5 Å². The number of aromatic nitrogens is 4. The lowest BCUT2D eigenvalue weighted by atomic mass is 10.0. The van der Waals surface area contributed by atoms with E-state index in [1.807, 2.05) is 47.9 Å². The lowest BCUT2D eigenvalue weighted by Crippen LogP contribution is -2.39. The predicted octanol–water partition coefficient (Wildman–Crippen LogP) is 5.32. The van der Waals surface area contributed by atoms with Crippen molar-refractivity contribution in [3.05, 3.63) is 77.3 Å². The summed E-state index contributed by atoms with van der Waals surface area (Å²) in [6.45, 7) is 8.08. The third kappa shape index (κ3) is 7.60. The number of aryl methyl sites for hydroxylation is 1. The second kappa shape index (κ2) is 13.2. The Bertz CT molecular complexity index is 1880. The molecule has 0 radical (unpaired) electrons. The van der Waals surface area contributed by atoms with Crippen LogP contribution in [0.2, 0.25) is 0 Å². The average Bonchev–Trinajstić information content (AvgIpc) is 3.38. The molecule has 0 bridgehead atoms. The van der Waals surface area contributed by atoms with E-state index in [0.717, 1.165) is 17.7 Å². The minimum Gasteiger partial charge on any atom is -0.444 e. The van der Waals surface area contributed by atoms with Gasteiger partial charge < -0.3 is 25.0 Å². The van der Waals surface area contributed by atoms with Crippen LogP contribution in [0.3, 0.4) is 0 Å². The Morgan fingerprint density at radius 2 is 1.85 bits per heavy atom. The third-order valence-electron chi connectivity index (χ3n) is 7.16. The summed E-state index contributed by atoms with van der Waals surface area (Å²) in [4.78, 5) is 42.4. The molecule has 1 aliphatic heterocycles. The first-order chi connectivity index (χ1) is 22.2. The molecule has 2 amide bonds. The van der Waals surface area contributed by atoms with Crippen molar-refractivity contribution in [2.45, 2.75) is 45.8 Å². The minimum absolute atomic E-state index is 0.207. The highest BCUT2D eigenvalue weighted by atomic mass is 19.1. The molecule has 12 nitrogen and oxygen atoms in total. The van der Waals surface area contributed by atoms with Crippen LogP contribution in [-0.4, -0.2) is 85.8 Å². The van der Waals surface area contributed by atoms with Gasteiger partial charge in [0.15, 0.2) is 11.9 Å². The van der Waals surface area contributed by atoms with E-state index < -0.39 is 29.2 Å². The highest BCUT2D eigenvalue weighted by Crippen LogP contribution is 2.34. The van der Waals surface area contributed by atoms with Gasteiger partial charge >= 0.3 is 6.09 Å². The highest BCUT2D eigenvalue weighted by molar-refractivity contribution is 5.96. The molecule has 0 saturated heterocycles. The normalized spacial score (nSPS) is 14.3. The summed E-state index contributed by atoms with van der Waals surface area (Å²) >= 11 is 0. The van der Waals surface area contributed by atoms with Crippen molar-refractivity contribution in [1.29, 1.82) is 0 Å². The van der Waals surface area contributed by atoms with Gasteiger partial charge in [-0.05, 0) is 81.1 Å². The molecule has 2 N–H and O–H groups in total. The Labute approximate surface area is 270 Å². The molecule has 2 aromatic carbocycles. The number of hydrogen-bond acceptors (Lipinski definition) is 8. The van der Waals surface area contributed by atoms with E-state index in [1.54, 1.807) is 39.0 Å². The smallest absolute Gasteiger partial charge is 0.410 e. The number of nitrogens with zero attached hydrogens (tertiary/aromatic N) is 7. The molecule has 1 aliphatic rings. The molecule has 0 saturated carbocycles. The molecule has 2 aromatic heterocycles. The maximum Gasteiger partial charge on any atom is 0.410 e. The lowest BCUT2D eigenvalue weighted by Gasteiger charge is -2.29. The van der Waals surface area contributed by atoms with Gasteiger partial charge in [0, 0.05) is 38.9 Å². The number of anilines is 1. The summed E-state index contributed by atoms with van der Waals surface area (Å²) in [5.41, 5.74) is 3.54. The first kappa shape index (κ1) is 33.1. The molecular weight excluding hydrogens is 610 g/mol. The molecule has 0 aliphatic carbocycles. The Morgan fingerprint density at radius 1 is 1.13 bits per heavy atom. The number of aliphatic imine (C=N–C) groups is 1. The number of rotatable bonds is 7. The number of carbonyl (C=O) groups excluding carboxylic acids is 2. The molecule has 246 valence electrons. The number of amides is 2. The minimum atomic E-state index is -1.79. The quantitative estimate of drug-likeness (QED) is 0.203. The van der Waals surface area contributed by atoms with Crippen LogP contribution in [0.4, 0.5) is 25.1 Å². The number of hydrogen-bond donors (Lipinski definition) is 2. The van der Waals surface area contributed by atoms with Crippen LogP contribution >= 0.6 is 0 Å². The molecule has 14 heteroatoms. The Balaban J connectivity index is 1.49. The zero-order valence-corrected chi connectivity index (χ0v) is 27.0. The van der Waals surface area contributed by atoms with Crippen molar-refractivity contribution in [3.8, 4) is 5.69 Å². The molecule has 0 unspecified atom stereocenters. The number of nitrogens with one attached hydrogen (secondary N) is 1. The molecule has 47 heavy (non-hydrogen) atoms. The highest BCUT2D eigenvalue weighted by Gasteiger charge is 2.27. The average molecular weight is 647 g/mol. The van der Waals surface area contributed by atoms with Crippen LogP contribution in [-0.2, 0) is 9.53 Å². The van der Waals surface area contributed by atoms with E-state index in [4.69, 9.17) is 9.84 Å². The van der Waals surface area contributed by atoms with Gasteiger partial charge in [-0.15, -0.1) is 0 Å². The summed E-state index contributed by atoms with van der Waals surface area (Å²) in [7, 11) is 3.68. The van der Waals surface area contributed by atoms with Crippen molar-refractivity contribution in [1.82, 2.24) is 29.5 Å². The Morgan fingerprint density at radius 3 is 2.47 bits per heavy atom.